The van der Waals surface area contributed by atoms with E-state index in [-0.39, 0.29) is 0 Å². The Morgan fingerprint density at radius 2 is 1.88 bits per heavy atom. The van der Waals surface area contributed by atoms with Crippen LogP contribution in [0.25, 0.3) is 0 Å². The number of rotatable bonds is 8. The Bertz CT molecular complexity index is 164. The van der Waals surface area contributed by atoms with Gasteiger partial charge in [-0.25, -0.2) is 0 Å². The van der Waals surface area contributed by atoms with Crippen molar-refractivity contribution in [2.75, 3.05) is 13.2 Å². The van der Waals surface area contributed by atoms with Crippen molar-refractivity contribution in [3.8, 4) is 0 Å². The molecule has 1 fully saturated rings. The van der Waals surface area contributed by atoms with Crippen molar-refractivity contribution in [3.63, 3.8) is 0 Å². The van der Waals surface area contributed by atoms with Crippen LogP contribution in [-0.4, -0.2) is 25.3 Å². The van der Waals surface area contributed by atoms with Gasteiger partial charge in [-0.3, -0.25) is 0 Å². The molecule has 16 heavy (non-hydrogen) atoms. The Labute approximate surface area is 101 Å². The van der Waals surface area contributed by atoms with E-state index in [2.05, 4.69) is 26.1 Å². The zero-order valence-electron chi connectivity index (χ0n) is 11.3. The minimum Gasteiger partial charge on any atom is -0.379 e. The highest BCUT2D eigenvalue weighted by atomic mass is 16.5. The predicted octanol–water partition coefficient (Wildman–Crippen LogP) is 3.36. The lowest BCUT2D eigenvalue weighted by molar-refractivity contribution is 0.0766. The third kappa shape index (κ3) is 6.49. The second-order valence-electron chi connectivity index (χ2n) is 5.51. The monoisotopic (exact) mass is 227 g/mol. The average molecular weight is 227 g/mol. The van der Waals surface area contributed by atoms with E-state index in [1.54, 1.807) is 0 Å². The third-order valence-corrected chi connectivity index (χ3v) is 3.43. The van der Waals surface area contributed by atoms with Gasteiger partial charge in [0.25, 0.3) is 0 Å². The van der Waals surface area contributed by atoms with Gasteiger partial charge in [0.1, 0.15) is 0 Å². The Morgan fingerprint density at radius 1 is 1.19 bits per heavy atom. The number of hydrogen-bond donors (Lipinski definition) is 1. The van der Waals surface area contributed by atoms with Gasteiger partial charge in [-0.15, -0.1) is 0 Å². The van der Waals surface area contributed by atoms with Crippen LogP contribution in [0.5, 0.6) is 0 Å². The van der Waals surface area contributed by atoms with E-state index in [9.17, 15) is 0 Å². The molecule has 0 amide bonds. The minimum atomic E-state index is 0.371. The fourth-order valence-electron chi connectivity index (χ4n) is 2.57. The summed E-state index contributed by atoms with van der Waals surface area (Å²) in [5.74, 6) is 0.995. The van der Waals surface area contributed by atoms with E-state index in [0.717, 1.165) is 25.5 Å². The van der Waals surface area contributed by atoms with Crippen LogP contribution in [0.2, 0.25) is 0 Å². The highest BCUT2D eigenvalue weighted by molar-refractivity contribution is 4.72. The maximum Gasteiger partial charge on any atom is 0.0518 e. The standard InChI is InChI=1S/C14H29NO/c1-12(2)16-10-6-9-15-13(3)11-14-7-4-5-8-14/h12-15H,4-11H2,1-3H3. The first-order valence-corrected chi connectivity index (χ1v) is 7.03. The zero-order valence-corrected chi connectivity index (χ0v) is 11.3. The molecule has 1 unspecified atom stereocenters. The van der Waals surface area contributed by atoms with Gasteiger partial charge in [-0.2, -0.15) is 0 Å². The smallest absolute Gasteiger partial charge is 0.0518 e. The molecule has 0 spiro atoms. The molecule has 1 aliphatic rings. The number of nitrogens with one attached hydrogen (secondary N) is 1. The molecular weight excluding hydrogens is 198 g/mol. The summed E-state index contributed by atoms with van der Waals surface area (Å²) in [6.45, 7) is 8.50. The summed E-state index contributed by atoms with van der Waals surface area (Å²) in [7, 11) is 0. The fourth-order valence-corrected chi connectivity index (χ4v) is 2.57. The molecule has 2 nitrogen and oxygen atoms in total. The molecule has 1 rings (SSSR count). The van der Waals surface area contributed by atoms with E-state index in [1.165, 1.54) is 32.1 Å². The normalized spacial score (nSPS) is 19.5. The van der Waals surface area contributed by atoms with Gasteiger partial charge in [0.2, 0.25) is 0 Å². The second kappa shape index (κ2) is 8.08. The van der Waals surface area contributed by atoms with Crippen LogP contribution in [0.15, 0.2) is 0 Å². The first kappa shape index (κ1) is 14.0. The summed E-state index contributed by atoms with van der Waals surface area (Å²) >= 11 is 0. The summed E-state index contributed by atoms with van der Waals surface area (Å²) < 4.78 is 5.52. The van der Waals surface area contributed by atoms with Crippen molar-refractivity contribution in [1.82, 2.24) is 5.32 Å². The van der Waals surface area contributed by atoms with E-state index in [4.69, 9.17) is 4.74 Å². The number of hydrogen-bond acceptors (Lipinski definition) is 2. The van der Waals surface area contributed by atoms with Gasteiger partial charge in [0.05, 0.1) is 6.10 Å². The molecule has 96 valence electrons. The van der Waals surface area contributed by atoms with Crippen molar-refractivity contribution in [2.24, 2.45) is 5.92 Å². The lowest BCUT2D eigenvalue weighted by Crippen LogP contribution is -2.29. The van der Waals surface area contributed by atoms with Gasteiger partial charge in [-0.05, 0) is 46.1 Å². The number of ether oxygens (including phenoxy) is 1. The quantitative estimate of drug-likeness (QED) is 0.642. The molecule has 0 heterocycles. The van der Waals surface area contributed by atoms with Gasteiger partial charge >= 0.3 is 0 Å². The van der Waals surface area contributed by atoms with Crippen molar-refractivity contribution in [2.45, 2.75) is 71.4 Å². The van der Waals surface area contributed by atoms with E-state index < -0.39 is 0 Å². The van der Waals surface area contributed by atoms with Gasteiger partial charge in [-0.1, -0.05) is 25.7 Å². The molecule has 0 radical (unpaired) electrons. The fraction of sp³-hybridized carbons (Fsp3) is 1.00. The summed E-state index contributed by atoms with van der Waals surface area (Å²) in [6, 6.07) is 0.683. The molecule has 0 saturated heterocycles. The lowest BCUT2D eigenvalue weighted by atomic mass is 9.99. The maximum atomic E-state index is 5.52. The first-order chi connectivity index (χ1) is 7.68. The van der Waals surface area contributed by atoms with Crippen LogP contribution in [0, 0.1) is 5.92 Å². The van der Waals surface area contributed by atoms with Crippen molar-refractivity contribution in [1.29, 1.82) is 0 Å². The van der Waals surface area contributed by atoms with Crippen LogP contribution in [0.4, 0.5) is 0 Å². The van der Waals surface area contributed by atoms with Gasteiger partial charge in [0, 0.05) is 12.6 Å². The van der Waals surface area contributed by atoms with Crippen molar-refractivity contribution < 1.29 is 4.74 Å². The summed E-state index contributed by atoms with van der Waals surface area (Å²) in [5, 5.41) is 3.60. The van der Waals surface area contributed by atoms with Crippen LogP contribution < -0.4 is 5.32 Å². The molecule has 1 aliphatic carbocycles. The topological polar surface area (TPSA) is 21.3 Å². The van der Waals surface area contributed by atoms with Crippen LogP contribution in [0.1, 0.15) is 59.3 Å². The van der Waals surface area contributed by atoms with E-state index >= 15 is 0 Å². The molecule has 0 aromatic rings. The molecule has 0 aliphatic heterocycles. The largest absolute Gasteiger partial charge is 0.379 e. The highest BCUT2D eigenvalue weighted by Gasteiger charge is 2.17. The Balaban J connectivity index is 1.91. The molecular formula is C14H29NO. The average Bonchev–Trinajstić information content (AvgIpc) is 2.69. The minimum absolute atomic E-state index is 0.371. The summed E-state index contributed by atoms with van der Waals surface area (Å²) in [6.07, 6.45) is 8.71. The highest BCUT2D eigenvalue weighted by Crippen LogP contribution is 2.28. The second-order valence-corrected chi connectivity index (χ2v) is 5.51. The van der Waals surface area contributed by atoms with Crippen LogP contribution in [-0.2, 0) is 4.74 Å². The first-order valence-electron chi connectivity index (χ1n) is 7.03. The van der Waals surface area contributed by atoms with E-state index in [1.807, 2.05) is 0 Å². The Hall–Kier alpha value is -0.0800. The Kier molecular flexibility index (Phi) is 7.06. The summed E-state index contributed by atoms with van der Waals surface area (Å²) in [4.78, 5) is 0. The molecule has 1 N–H and O–H groups in total. The third-order valence-electron chi connectivity index (χ3n) is 3.43. The van der Waals surface area contributed by atoms with Crippen LogP contribution in [0.3, 0.4) is 0 Å². The molecule has 0 bridgehead atoms. The van der Waals surface area contributed by atoms with Crippen molar-refractivity contribution >= 4 is 0 Å². The van der Waals surface area contributed by atoms with Crippen molar-refractivity contribution in [3.05, 3.63) is 0 Å². The molecule has 0 aromatic heterocycles. The molecule has 0 aromatic carbocycles. The van der Waals surface area contributed by atoms with E-state index in [0.29, 0.717) is 12.1 Å². The van der Waals surface area contributed by atoms with Gasteiger partial charge in [0.15, 0.2) is 0 Å². The zero-order chi connectivity index (χ0) is 11.8. The molecule has 2 heteroatoms. The molecule has 1 saturated carbocycles. The van der Waals surface area contributed by atoms with Crippen LogP contribution >= 0.6 is 0 Å². The summed E-state index contributed by atoms with van der Waals surface area (Å²) in [5.41, 5.74) is 0. The maximum absolute atomic E-state index is 5.52. The Morgan fingerprint density at radius 3 is 2.50 bits per heavy atom. The molecule has 1 atom stereocenters. The lowest BCUT2D eigenvalue weighted by Gasteiger charge is -2.18. The predicted molar refractivity (Wildman–Crippen MR) is 69.7 cm³/mol. The SMILES string of the molecule is CC(CC1CCCC1)NCCCOC(C)C. The van der Waals surface area contributed by atoms with Gasteiger partial charge < -0.3 is 10.1 Å².